The molecule has 1 aliphatic carbocycles. The summed E-state index contributed by atoms with van der Waals surface area (Å²) in [4.78, 5) is 28.3. The lowest BCUT2D eigenvalue weighted by Crippen LogP contribution is -2.35. The molecular weight excluding hydrogens is 445 g/mol. The van der Waals surface area contributed by atoms with Gasteiger partial charge in [-0.3, -0.25) is 14.3 Å². The molecule has 5 rings (SSSR count). The summed E-state index contributed by atoms with van der Waals surface area (Å²) in [6, 6.07) is 14.7. The van der Waals surface area contributed by atoms with Crippen LogP contribution in [0.2, 0.25) is 0 Å². The topological polar surface area (TPSA) is 91.8 Å². The molecule has 2 amide bonds. The number of aryl methyl sites for hydroxylation is 1. The predicted molar refractivity (Wildman–Crippen MR) is 133 cm³/mol. The number of carbonyl (C=O) groups excluding carboxylic acids is 2. The number of hydrogen-bond acceptors (Lipinski definition) is 3. The van der Waals surface area contributed by atoms with Gasteiger partial charge in [-0.2, -0.15) is 5.10 Å². The van der Waals surface area contributed by atoms with E-state index in [1.165, 1.54) is 23.0 Å². The van der Waals surface area contributed by atoms with Crippen molar-refractivity contribution in [1.29, 1.82) is 0 Å². The van der Waals surface area contributed by atoms with E-state index in [1.807, 2.05) is 30.3 Å². The van der Waals surface area contributed by atoms with Crippen LogP contribution in [0.5, 0.6) is 0 Å². The molecule has 3 N–H and O–H groups in total. The number of aromatic nitrogens is 3. The Morgan fingerprint density at radius 1 is 1.09 bits per heavy atom. The molecule has 2 aromatic heterocycles. The Morgan fingerprint density at radius 3 is 2.69 bits per heavy atom. The standard InChI is InChI=1S/C27H28FN5O2/c28-19-10-12-24-23(14-19)22(27(32-24)18-6-2-1-3-7-18)11-13-25(34)31-21-15-29-33(16-21)17-26(35)30-20-8-4-5-9-20/h1-3,6-7,10,12,14-16,20,32H,4-5,8-9,11,13,17H2,(H,30,35)(H,31,34). The maximum atomic E-state index is 14.0. The molecule has 4 aromatic rings. The van der Waals surface area contributed by atoms with Crippen molar-refractivity contribution in [2.75, 3.05) is 5.32 Å². The molecule has 0 saturated heterocycles. The fraction of sp³-hybridized carbons (Fsp3) is 0.296. The molecule has 1 aliphatic rings. The molecule has 1 fully saturated rings. The minimum Gasteiger partial charge on any atom is -0.354 e. The van der Waals surface area contributed by atoms with Crippen LogP contribution in [0.4, 0.5) is 10.1 Å². The van der Waals surface area contributed by atoms with Crippen molar-refractivity contribution in [3.05, 3.63) is 72.3 Å². The fourth-order valence-electron chi connectivity index (χ4n) is 4.80. The van der Waals surface area contributed by atoms with Crippen LogP contribution in [0.15, 0.2) is 60.9 Å². The molecule has 1 saturated carbocycles. The van der Waals surface area contributed by atoms with E-state index in [2.05, 4.69) is 20.7 Å². The molecule has 8 heteroatoms. The Balaban J connectivity index is 1.23. The first-order valence-corrected chi connectivity index (χ1v) is 12.0. The number of aromatic amines is 1. The van der Waals surface area contributed by atoms with Gasteiger partial charge in [0, 0.05) is 35.3 Å². The Kier molecular flexibility index (Phi) is 6.61. The average molecular weight is 474 g/mol. The minimum atomic E-state index is -0.314. The second-order valence-corrected chi connectivity index (χ2v) is 9.06. The highest BCUT2D eigenvalue weighted by molar-refractivity contribution is 5.93. The maximum absolute atomic E-state index is 14.0. The molecule has 0 aliphatic heterocycles. The van der Waals surface area contributed by atoms with Crippen molar-refractivity contribution in [2.45, 2.75) is 51.1 Å². The van der Waals surface area contributed by atoms with Gasteiger partial charge in [-0.1, -0.05) is 43.2 Å². The summed E-state index contributed by atoms with van der Waals surface area (Å²) in [6.45, 7) is 0.119. The Morgan fingerprint density at radius 2 is 1.89 bits per heavy atom. The van der Waals surface area contributed by atoms with E-state index in [4.69, 9.17) is 0 Å². The van der Waals surface area contributed by atoms with Gasteiger partial charge in [-0.25, -0.2) is 4.39 Å². The highest BCUT2D eigenvalue weighted by Gasteiger charge is 2.18. The minimum absolute atomic E-state index is 0.0714. The first-order valence-electron chi connectivity index (χ1n) is 12.0. The molecule has 2 heterocycles. The van der Waals surface area contributed by atoms with Crippen LogP contribution in [0.25, 0.3) is 22.2 Å². The van der Waals surface area contributed by atoms with Crippen LogP contribution in [-0.2, 0) is 22.6 Å². The van der Waals surface area contributed by atoms with Crippen molar-refractivity contribution in [3.63, 3.8) is 0 Å². The predicted octanol–water partition coefficient (Wildman–Crippen LogP) is 4.80. The largest absolute Gasteiger partial charge is 0.354 e. The van der Waals surface area contributed by atoms with Crippen LogP contribution < -0.4 is 10.6 Å². The number of nitrogens with zero attached hydrogens (tertiary/aromatic N) is 2. The number of hydrogen-bond donors (Lipinski definition) is 3. The second-order valence-electron chi connectivity index (χ2n) is 9.06. The molecule has 35 heavy (non-hydrogen) atoms. The summed E-state index contributed by atoms with van der Waals surface area (Å²) in [5.74, 6) is -0.561. The Hall–Kier alpha value is -3.94. The maximum Gasteiger partial charge on any atom is 0.241 e. The number of nitrogens with one attached hydrogen (secondary N) is 3. The number of H-pyrrole nitrogens is 1. The summed E-state index contributed by atoms with van der Waals surface area (Å²) in [5.41, 5.74) is 4.15. The van der Waals surface area contributed by atoms with E-state index in [0.29, 0.717) is 12.1 Å². The average Bonchev–Trinajstić information content (AvgIpc) is 3.59. The zero-order chi connectivity index (χ0) is 24.2. The smallest absolute Gasteiger partial charge is 0.241 e. The molecule has 180 valence electrons. The monoisotopic (exact) mass is 473 g/mol. The van der Waals surface area contributed by atoms with E-state index in [0.717, 1.165) is 53.4 Å². The van der Waals surface area contributed by atoms with Crippen molar-refractivity contribution >= 4 is 28.4 Å². The van der Waals surface area contributed by atoms with Gasteiger partial charge >= 0.3 is 0 Å². The van der Waals surface area contributed by atoms with E-state index in [9.17, 15) is 14.0 Å². The lowest BCUT2D eigenvalue weighted by atomic mass is 10.0. The number of amides is 2. The lowest BCUT2D eigenvalue weighted by molar-refractivity contribution is -0.122. The zero-order valence-corrected chi connectivity index (χ0v) is 19.4. The lowest BCUT2D eigenvalue weighted by Gasteiger charge is -2.11. The molecule has 0 atom stereocenters. The van der Waals surface area contributed by atoms with E-state index in [-0.39, 0.29) is 36.6 Å². The van der Waals surface area contributed by atoms with Gasteiger partial charge in [0.15, 0.2) is 0 Å². The van der Waals surface area contributed by atoms with Crippen molar-refractivity contribution < 1.29 is 14.0 Å². The molecule has 0 unspecified atom stereocenters. The molecular formula is C27H28FN5O2. The molecule has 2 aromatic carbocycles. The Labute approximate surface area is 202 Å². The highest BCUT2D eigenvalue weighted by Crippen LogP contribution is 2.32. The number of carbonyl (C=O) groups is 2. The van der Waals surface area contributed by atoms with Gasteiger partial charge in [0.2, 0.25) is 11.8 Å². The third kappa shape index (κ3) is 5.42. The SMILES string of the molecule is O=C(CCc1c(-c2ccccc2)[nH]c2ccc(F)cc12)Nc1cnn(CC(=O)NC2CCCC2)c1. The van der Waals surface area contributed by atoms with Gasteiger partial charge in [0.05, 0.1) is 11.9 Å². The van der Waals surface area contributed by atoms with Crippen LogP contribution in [0.1, 0.15) is 37.7 Å². The van der Waals surface area contributed by atoms with Crippen molar-refractivity contribution in [1.82, 2.24) is 20.1 Å². The summed E-state index contributed by atoms with van der Waals surface area (Å²) in [6.07, 6.45) is 8.22. The molecule has 0 bridgehead atoms. The van der Waals surface area contributed by atoms with Crippen molar-refractivity contribution in [2.24, 2.45) is 0 Å². The zero-order valence-electron chi connectivity index (χ0n) is 19.4. The molecule has 0 radical (unpaired) electrons. The van der Waals surface area contributed by atoms with E-state index in [1.54, 1.807) is 12.3 Å². The Bertz CT molecular complexity index is 1340. The first kappa shape index (κ1) is 22.8. The van der Waals surface area contributed by atoms with Gasteiger partial charge < -0.3 is 15.6 Å². The number of halogens is 1. The van der Waals surface area contributed by atoms with Gasteiger partial charge in [0.25, 0.3) is 0 Å². The van der Waals surface area contributed by atoms with Crippen LogP contribution in [0, 0.1) is 5.82 Å². The van der Waals surface area contributed by atoms with Crippen LogP contribution >= 0.6 is 0 Å². The van der Waals surface area contributed by atoms with Crippen LogP contribution in [0.3, 0.4) is 0 Å². The highest BCUT2D eigenvalue weighted by atomic mass is 19.1. The number of fused-ring (bicyclic) bond motifs is 1. The second kappa shape index (κ2) is 10.1. The van der Waals surface area contributed by atoms with Crippen molar-refractivity contribution in [3.8, 4) is 11.3 Å². The molecule has 0 spiro atoms. The summed E-state index contributed by atoms with van der Waals surface area (Å²) in [7, 11) is 0. The third-order valence-corrected chi connectivity index (χ3v) is 6.48. The van der Waals surface area contributed by atoms with Crippen LogP contribution in [-0.4, -0.2) is 32.6 Å². The third-order valence-electron chi connectivity index (χ3n) is 6.48. The van der Waals surface area contributed by atoms with Gasteiger partial charge in [-0.15, -0.1) is 0 Å². The van der Waals surface area contributed by atoms with E-state index >= 15 is 0 Å². The number of rotatable bonds is 8. The molecule has 7 nitrogen and oxygen atoms in total. The van der Waals surface area contributed by atoms with Gasteiger partial charge in [-0.05, 0) is 48.6 Å². The summed E-state index contributed by atoms with van der Waals surface area (Å²) in [5, 5.41) is 10.9. The van der Waals surface area contributed by atoms with E-state index < -0.39 is 0 Å². The van der Waals surface area contributed by atoms with Gasteiger partial charge in [0.1, 0.15) is 12.4 Å². The first-order chi connectivity index (χ1) is 17.0. The quantitative estimate of drug-likeness (QED) is 0.343. The number of anilines is 1. The summed E-state index contributed by atoms with van der Waals surface area (Å²) < 4.78 is 15.5. The number of benzene rings is 2. The summed E-state index contributed by atoms with van der Waals surface area (Å²) >= 11 is 0. The normalized spacial score (nSPS) is 13.9. The fourth-order valence-corrected chi connectivity index (χ4v) is 4.80.